The molecule has 1 aromatic rings. The third-order valence-electron chi connectivity index (χ3n) is 1.99. The van der Waals surface area contributed by atoms with Gasteiger partial charge in [0.1, 0.15) is 11.9 Å². The number of hydrogen-bond acceptors (Lipinski definition) is 6. The number of rotatable bonds is 4. The van der Waals surface area contributed by atoms with Gasteiger partial charge in [-0.1, -0.05) is 0 Å². The summed E-state index contributed by atoms with van der Waals surface area (Å²) in [5.41, 5.74) is 5.69. The maximum absolute atomic E-state index is 10.8. The number of ether oxygens (including phenoxy) is 1. The Labute approximate surface area is 85.9 Å². The molecule has 1 rings (SSSR count). The lowest BCUT2D eigenvalue weighted by atomic mass is 10.1. The van der Waals surface area contributed by atoms with Crippen LogP contribution in [0.2, 0.25) is 0 Å². The molecule has 0 saturated carbocycles. The lowest BCUT2D eigenvalue weighted by molar-refractivity contribution is -0.144. The van der Waals surface area contributed by atoms with Gasteiger partial charge in [-0.2, -0.15) is 5.10 Å². The van der Waals surface area contributed by atoms with Gasteiger partial charge >= 0.3 is 5.97 Å². The molecule has 7 heteroatoms. The monoisotopic (exact) mass is 215 g/mol. The van der Waals surface area contributed by atoms with E-state index in [0.29, 0.717) is 0 Å². The summed E-state index contributed by atoms with van der Waals surface area (Å²) in [4.78, 5) is 10.8. The number of carbonyl (C=O) groups is 1. The summed E-state index contributed by atoms with van der Waals surface area (Å²) in [6.45, 7) is 0. The van der Waals surface area contributed by atoms with E-state index in [0.717, 1.165) is 0 Å². The molecule has 0 aliphatic heterocycles. The average molecular weight is 215 g/mol. The van der Waals surface area contributed by atoms with E-state index in [1.165, 1.54) is 13.3 Å². The Morgan fingerprint density at radius 1 is 1.73 bits per heavy atom. The summed E-state index contributed by atoms with van der Waals surface area (Å²) in [5, 5.41) is 25.1. The lowest BCUT2D eigenvalue weighted by Gasteiger charge is -2.15. The number of carbonyl (C=O) groups excluding carboxylic acids is 1. The number of aromatic amines is 1. The normalized spacial score (nSPS) is 14.6. The number of nitrogens with two attached hydrogens (primary N) is 1. The van der Waals surface area contributed by atoms with Crippen LogP contribution in [0.1, 0.15) is 18.1 Å². The summed E-state index contributed by atoms with van der Waals surface area (Å²) < 4.78 is 4.35. The summed E-state index contributed by atoms with van der Waals surface area (Å²) in [7, 11) is 1.20. The molecule has 2 atom stereocenters. The van der Waals surface area contributed by atoms with Gasteiger partial charge in [-0.25, -0.2) is 0 Å². The second-order valence-electron chi connectivity index (χ2n) is 3.03. The highest BCUT2D eigenvalue weighted by Crippen LogP contribution is 2.22. The van der Waals surface area contributed by atoms with Gasteiger partial charge in [0.15, 0.2) is 0 Å². The Bertz CT molecular complexity index is 338. The number of anilines is 1. The number of methoxy groups -OCH3 is 1. The standard InChI is InChI=1S/C8H13N3O4/c1-15-6(13)2-5(12)7(14)4-3-10-11-8(4)9/h3,5,7,12,14H,2H2,1H3,(H3,9,10,11). The van der Waals surface area contributed by atoms with Crippen LogP contribution in [0.15, 0.2) is 6.20 Å². The zero-order chi connectivity index (χ0) is 11.4. The Kier molecular flexibility index (Phi) is 3.64. The smallest absolute Gasteiger partial charge is 0.308 e. The maximum atomic E-state index is 10.8. The highest BCUT2D eigenvalue weighted by atomic mass is 16.5. The SMILES string of the molecule is COC(=O)CC(O)C(O)c1cn[nH]c1N. The van der Waals surface area contributed by atoms with Crippen molar-refractivity contribution < 1.29 is 19.7 Å². The average Bonchev–Trinajstić information content (AvgIpc) is 2.63. The molecule has 1 aromatic heterocycles. The number of hydrogen-bond donors (Lipinski definition) is 4. The van der Waals surface area contributed by atoms with Crippen LogP contribution < -0.4 is 5.73 Å². The number of nitrogens with one attached hydrogen (secondary N) is 1. The van der Waals surface area contributed by atoms with Crippen LogP contribution in [0, 0.1) is 0 Å². The van der Waals surface area contributed by atoms with Gasteiger partial charge in [0.2, 0.25) is 0 Å². The second-order valence-corrected chi connectivity index (χ2v) is 3.03. The van der Waals surface area contributed by atoms with E-state index in [9.17, 15) is 15.0 Å². The number of nitrogens with zero attached hydrogens (tertiary/aromatic N) is 1. The third-order valence-corrected chi connectivity index (χ3v) is 1.99. The number of esters is 1. The fourth-order valence-electron chi connectivity index (χ4n) is 1.11. The van der Waals surface area contributed by atoms with Crippen LogP contribution in [0.4, 0.5) is 5.82 Å². The van der Waals surface area contributed by atoms with Crippen molar-refractivity contribution in [3.63, 3.8) is 0 Å². The van der Waals surface area contributed by atoms with Crippen molar-refractivity contribution in [2.75, 3.05) is 12.8 Å². The third kappa shape index (κ3) is 2.67. The van der Waals surface area contributed by atoms with Gasteiger partial charge in [-0.15, -0.1) is 0 Å². The van der Waals surface area contributed by atoms with E-state index < -0.39 is 18.2 Å². The van der Waals surface area contributed by atoms with Crippen molar-refractivity contribution in [2.24, 2.45) is 0 Å². The Morgan fingerprint density at radius 2 is 2.40 bits per heavy atom. The maximum Gasteiger partial charge on any atom is 0.308 e. The Morgan fingerprint density at radius 3 is 2.87 bits per heavy atom. The molecule has 0 bridgehead atoms. The van der Waals surface area contributed by atoms with Gasteiger partial charge in [-0.3, -0.25) is 9.89 Å². The highest BCUT2D eigenvalue weighted by molar-refractivity contribution is 5.69. The van der Waals surface area contributed by atoms with Gasteiger partial charge in [-0.05, 0) is 0 Å². The molecule has 0 radical (unpaired) electrons. The van der Waals surface area contributed by atoms with Crippen molar-refractivity contribution in [3.8, 4) is 0 Å². The minimum absolute atomic E-state index is 0.159. The van der Waals surface area contributed by atoms with Crippen molar-refractivity contribution >= 4 is 11.8 Å². The topological polar surface area (TPSA) is 121 Å². The van der Waals surface area contributed by atoms with E-state index in [-0.39, 0.29) is 17.8 Å². The number of aromatic nitrogens is 2. The predicted molar refractivity (Wildman–Crippen MR) is 50.6 cm³/mol. The van der Waals surface area contributed by atoms with Crippen molar-refractivity contribution in [3.05, 3.63) is 11.8 Å². The summed E-state index contributed by atoms with van der Waals surface area (Å²) >= 11 is 0. The van der Waals surface area contributed by atoms with Crippen LogP contribution in [-0.4, -0.2) is 39.6 Å². The van der Waals surface area contributed by atoms with Crippen LogP contribution in [0.3, 0.4) is 0 Å². The first-order chi connectivity index (χ1) is 7.06. The summed E-state index contributed by atoms with van der Waals surface area (Å²) in [6.07, 6.45) is -1.54. The van der Waals surface area contributed by atoms with Gasteiger partial charge in [0, 0.05) is 5.56 Å². The van der Waals surface area contributed by atoms with E-state index in [1.54, 1.807) is 0 Å². The molecule has 0 saturated heterocycles. The van der Waals surface area contributed by atoms with Crippen molar-refractivity contribution in [1.82, 2.24) is 10.2 Å². The molecule has 0 aliphatic rings. The van der Waals surface area contributed by atoms with Crippen LogP contribution in [0.25, 0.3) is 0 Å². The minimum atomic E-state index is -1.27. The quantitative estimate of drug-likeness (QED) is 0.475. The van der Waals surface area contributed by atoms with Crippen molar-refractivity contribution in [1.29, 1.82) is 0 Å². The number of aliphatic hydroxyl groups is 2. The molecule has 0 aromatic carbocycles. The second kappa shape index (κ2) is 4.76. The molecule has 0 aliphatic carbocycles. The molecule has 2 unspecified atom stereocenters. The molecule has 0 spiro atoms. The van der Waals surface area contributed by atoms with Gasteiger partial charge in [0.05, 0.1) is 25.8 Å². The molecular weight excluding hydrogens is 202 g/mol. The molecule has 84 valence electrons. The number of H-pyrrole nitrogens is 1. The molecule has 5 N–H and O–H groups in total. The fraction of sp³-hybridized carbons (Fsp3) is 0.500. The Balaban J connectivity index is 2.64. The van der Waals surface area contributed by atoms with Crippen molar-refractivity contribution in [2.45, 2.75) is 18.6 Å². The first-order valence-corrected chi connectivity index (χ1v) is 4.28. The molecule has 0 fully saturated rings. The first-order valence-electron chi connectivity index (χ1n) is 4.28. The highest BCUT2D eigenvalue weighted by Gasteiger charge is 2.24. The zero-order valence-corrected chi connectivity index (χ0v) is 8.17. The summed E-state index contributed by atoms with van der Waals surface area (Å²) in [5.74, 6) is -0.449. The number of nitrogen functional groups attached to an aromatic ring is 1. The zero-order valence-electron chi connectivity index (χ0n) is 8.17. The van der Waals surface area contributed by atoms with E-state index in [2.05, 4.69) is 14.9 Å². The summed E-state index contributed by atoms with van der Waals surface area (Å²) in [6, 6.07) is 0. The van der Waals surface area contributed by atoms with E-state index in [4.69, 9.17) is 5.73 Å². The van der Waals surface area contributed by atoms with E-state index in [1.807, 2.05) is 0 Å². The first kappa shape index (κ1) is 11.5. The fourth-order valence-corrected chi connectivity index (χ4v) is 1.11. The molecular formula is C8H13N3O4. The molecule has 0 amide bonds. The van der Waals surface area contributed by atoms with Crippen LogP contribution in [-0.2, 0) is 9.53 Å². The van der Waals surface area contributed by atoms with Gasteiger partial charge in [0.25, 0.3) is 0 Å². The molecule has 7 nitrogen and oxygen atoms in total. The molecule has 15 heavy (non-hydrogen) atoms. The lowest BCUT2D eigenvalue weighted by Crippen LogP contribution is -2.22. The van der Waals surface area contributed by atoms with E-state index >= 15 is 0 Å². The van der Waals surface area contributed by atoms with Gasteiger partial charge < -0.3 is 20.7 Å². The van der Waals surface area contributed by atoms with Crippen LogP contribution >= 0.6 is 0 Å². The minimum Gasteiger partial charge on any atom is -0.469 e. The Hall–Kier alpha value is -1.60. The largest absolute Gasteiger partial charge is 0.469 e. The van der Waals surface area contributed by atoms with Crippen LogP contribution in [0.5, 0.6) is 0 Å². The number of aliphatic hydroxyl groups excluding tert-OH is 2. The predicted octanol–water partition coefficient (Wildman–Crippen LogP) is -1.05. The molecule has 1 heterocycles.